The lowest BCUT2D eigenvalue weighted by Crippen LogP contribution is -2.39. The van der Waals surface area contributed by atoms with Crippen LogP contribution >= 0.6 is 0 Å². The van der Waals surface area contributed by atoms with E-state index in [2.05, 4.69) is 50.5 Å². The first-order valence-electron chi connectivity index (χ1n) is 10.5. The van der Waals surface area contributed by atoms with Crippen LogP contribution in [0.1, 0.15) is 37.6 Å². The summed E-state index contributed by atoms with van der Waals surface area (Å²) in [5, 5.41) is 8.13. The van der Waals surface area contributed by atoms with Gasteiger partial charge in [0.25, 0.3) is 0 Å². The quantitative estimate of drug-likeness (QED) is 0.664. The molecule has 1 saturated heterocycles. The highest BCUT2D eigenvalue weighted by Gasteiger charge is 2.20. The Kier molecular flexibility index (Phi) is 6.14. The summed E-state index contributed by atoms with van der Waals surface area (Å²) in [6, 6.07) is 8.46. The summed E-state index contributed by atoms with van der Waals surface area (Å²) in [4.78, 5) is 16.1. The van der Waals surface area contributed by atoms with Gasteiger partial charge in [0.2, 0.25) is 5.95 Å². The second-order valence-corrected chi connectivity index (χ2v) is 7.67. The molecule has 4 rings (SSSR count). The third-order valence-corrected chi connectivity index (χ3v) is 5.36. The maximum absolute atomic E-state index is 4.76. The van der Waals surface area contributed by atoms with Gasteiger partial charge >= 0.3 is 0 Å². The SMILES string of the molecule is CCCn1cc(-c2ccnc(NC3CCN(Cc4ccccn4)CC3)n2)c(C)n1. The van der Waals surface area contributed by atoms with E-state index in [0.29, 0.717) is 12.0 Å². The fourth-order valence-electron chi connectivity index (χ4n) is 3.83. The van der Waals surface area contributed by atoms with E-state index in [1.165, 1.54) is 0 Å². The molecule has 0 amide bonds. The number of aryl methyl sites for hydroxylation is 2. The molecule has 4 heterocycles. The van der Waals surface area contributed by atoms with Gasteiger partial charge in [-0.15, -0.1) is 0 Å². The highest BCUT2D eigenvalue weighted by molar-refractivity contribution is 5.61. The van der Waals surface area contributed by atoms with Gasteiger partial charge in [-0.2, -0.15) is 5.10 Å². The van der Waals surface area contributed by atoms with Crippen molar-refractivity contribution in [1.29, 1.82) is 0 Å². The minimum absolute atomic E-state index is 0.397. The maximum atomic E-state index is 4.76. The van der Waals surface area contributed by atoms with Crippen molar-refractivity contribution < 1.29 is 0 Å². The van der Waals surface area contributed by atoms with Gasteiger partial charge in [0.15, 0.2) is 0 Å². The molecule has 7 heteroatoms. The molecule has 3 aromatic heterocycles. The zero-order valence-corrected chi connectivity index (χ0v) is 17.3. The van der Waals surface area contributed by atoms with E-state index >= 15 is 0 Å². The molecule has 1 aliphatic rings. The van der Waals surface area contributed by atoms with E-state index in [0.717, 1.165) is 68.1 Å². The normalized spacial score (nSPS) is 15.5. The van der Waals surface area contributed by atoms with Gasteiger partial charge in [-0.25, -0.2) is 9.97 Å². The summed E-state index contributed by atoms with van der Waals surface area (Å²) in [6.45, 7) is 8.14. The number of nitrogens with one attached hydrogen (secondary N) is 1. The molecule has 0 atom stereocenters. The number of pyridine rings is 1. The van der Waals surface area contributed by atoms with Crippen LogP contribution in [0, 0.1) is 6.92 Å². The molecule has 7 nitrogen and oxygen atoms in total. The van der Waals surface area contributed by atoms with Gasteiger partial charge in [-0.1, -0.05) is 13.0 Å². The first-order valence-corrected chi connectivity index (χ1v) is 10.5. The van der Waals surface area contributed by atoms with Crippen LogP contribution < -0.4 is 5.32 Å². The number of anilines is 1. The summed E-state index contributed by atoms with van der Waals surface area (Å²) in [6.07, 6.45) is 9.00. The molecule has 29 heavy (non-hydrogen) atoms. The van der Waals surface area contributed by atoms with E-state index in [-0.39, 0.29) is 0 Å². The fraction of sp³-hybridized carbons (Fsp3) is 0.455. The summed E-state index contributed by atoms with van der Waals surface area (Å²) < 4.78 is 2.00. The third kappa shape index (κ3) is 4.98. The lowest BCUT2D eigenvalue weighted by molar-refractivity contribution is 0.209. The zero-order valence-electron chi connectivity index (χ0n) is 17.3. The van der Waals surface area contributed by atoms with Crippen LogP contribution in [0.4, 0.5) is 5.95 Å². The van der Waals surface area contributed by atoms with Crippen LogP contribution in [0.2, 0.25) is 0 Å². The molecular weight excluding hydrogens is 362 g/mol. The van der Waals surface area contributed by atoms with Crippen LogP contribution in [0.3, 0.4) is 0 Å². The predicted molar refractivity (Wildman–Crippen MR) is 114 cm³/mol. The number of hydrogen-bond donors (Lipinski definition) is 1. The fourth-order valence-corrected chi connectivity index (χ4v) is 3.83. The predicted octanol–water partition coefficient (Wildman–Crippen LogP) is 3.53. The average Bonchev–Trinajstić information content (AvgIpc) is 3.11. The molecule has 1 fully saturated rings. The highest BCUT2D eigenvalue weighted by Crippen LogP contribution is 2.22. The van der Waals surface area contributed by atoms with Crippen molar-refractivity contribution in [1.82, 2.24) is 29.6 Å². The van der Waals surface area contributed by atoms with Crippen molar-refractivity contribution in [2.45, 2.75) is 52.2 Å². The van der Waals surface area contributed by atoms with Gasteiger partial charge in [0.1, 0.15) is 0 Å². The Morgan fingerprint density at radius 3 is 2.72 bits per heavy atom. The van der Waals surface area contributed by atoms with Crippen molar-refractivity contribution in [3.05, 3.63) is 54.2 Å². The van der Waals surface area contributed by atoms with E-state index in [1.807, 2.05) is 36.1 Å². The minimum Gasteiger partial charge on any atom is -0.351 e. The molecule has 0 spiro atoms. The van der Waals surface area contributed by atoms with Crippen molar-refractivity contribution in [2.75, 3.05) is 18.4 Å². The molecule has 3 aromatic rings. The Balaban J connectivity index is 1.35. The van der Waals surface area contributed by atoms with Gasteiger partial charge < -0.3 is 5.32 Å². The Bertz CT molecular complexity index is 914. The number of likely N-dealkylation sites (tertiary alicyclic amines) is 1. The van der Waals surface area contributed by atoms with Crippen LogP contribution in [0.5, 0.6) is 0 Å². The topological polar surface area (TPSA) is 71.8 Å². The average molecular weight is 392 g/mol. The van der Waals surface area contributed by atoms with Gasteiger partial charge in [0, 0.05) is 56.4 Å². The van der Waals surface area contributed by atoms with Crippen LogP contribution in [-0.2, 0) is 13.1 Å². The van der Waals surface area contributed by atoms with E-state index in [4.69, 9.17) is 4.98 Å². The highest BCUT2D eigenvalue weighted by atomic mass is 15.3. The smallest absolute Gasteiger partial charge is 0.223 e. The first-order chi connectivity index (χ1) is 14.2. The second-order valence-electron chi connectivity index (χ2n) is 7.67. The van der Waals surface area contributed by atoms with E-state index < -0.39 is 0 Å². The molecule has 0 aromatic carbocycles. The monoisotopic (exact) mass is 391 g/mol. The Morgan fingerprint density at radius 2 is 1.97 bits per heavy atom. The largest absolute Gasteiger partial charge is 0.351 e. The number of nitrogens with zero attached hydrogens (tertiary/aromatic N) is 6. The molecule has 1 N–H and O–H groups in total. The number of rotatable bonds is 7. The molecule has 0 saturated carbocycles. The summed E-state index contributed by atoms with van der Waals surface area (Å²) in [5.41, 5.74) is 4.14. The summed E-state index contributed by atoms with van der Waals surface area (Å²) >= 11 is 0. The lowest BCUT2D eigenvalue weighted by atomic mass is 10.1. The number of piperidine rings is 1. The van der Waals surface area contributed by atoms with Crippen molar-refractivity contribution in [3.8, 4) is 11.3 Å². The van der Waals surface area contributed by atoms with Crippen LogP contribution in [0.15, 0.2) is 42.9 Å². The van der Waals surface area contributed by atoms with Crippen LogP contribution in [0.25, 0.3) is 11.3 Å². The van der Waals surface area contributed by atoms with E-state index in [1.54, 1.807) is 0 Å². The summed E-state index contributed by atoms with van der Waals surface area (Å²) in [7, 11) is 0. The molecule has 0 aliphatic carbocycles. The van der Waals surface area contributed by atoms with Gasteiger partial charge in [-0.3, -0.25) is 14.6 Å². The molecule has 1 aliphatic heterocycles. The first kappa shape index (κ1) is 19.5. The summed E-state index contributed by atoms with van der Waals surface area (Å²) in [5.74, 6) is 0.702. The molecule has 0 radical (unpaired) electrons. The van der Waals surface area contributed by atoms with Crippen molar-refractivity contribution >= 4 is 5.95 Å². The Labute approximate surface area is 172 Å². The third-order valence-electron chi connectivity index (χ3n) is 5.36. The molecule has 0 unspecified atom stereocenters. The van der Waals surface area contributed by atoms with Crippen LogP contribution in [-0.4, -0.2) is 48.8 Å². The molecule has 0 bridgehead atoms. The Hall–Kier alpha value is -2.80. The second kappa shape index (κ2) is 9.13. The number of aromatic nitrogens is 5. The van der Waals surface area contributed by atoms with Crippen molar-refractivity contribution in [3.63, 3.8) is 0 Å². The lowest BCUT2D eigenvalue weighted by Gasteiger charge is -2.32. The Morgan fingerprint density at radius 1 is 1.10 bits per heavy atom. The minimum atomic E-state index is 0.397. The standard InChI is InChI=1S/C22H29N7/c1-3-12-29-16-20(17(2)27-29)21-7-11-24-22(26-21)25-18-8-13-28(14-9-18)15-19-6-4-5-10-23-19/h4-7,10-11,16,18H,3,8-9,12-15H2,1-2H3,(H,24,25,26). The maximum Gasteiger partial charge on any atom is 0.223 e. The zero-order chi connectivity index (χ0) is 20.1. The molecule has 152 valence electrons. The van der Waals surface area contributed by atoms with E-state index in [9.17, 15) is 0 Å². The molecular formula is C22H29N7. The number of hydrogen-bond acceptors (Lipinski definition) is 6. The van der Waals surface area contributed by atoms with Gasteiger partial charge in [-0.05, 0) is 44.4 Å². The van der Waals surface area contributed by atoms with Gasteiger partial charge in [0.05, 0.1) is 17.1 Å². The van der Waals surface area contributed by atoms with Crippen molar-refractivity contribution in [2.24, 2.45) is 0 Å².